The fourth-order valence-corrected chi connectivity index (χ4v) is 5.09. The maximum Gasteiger partial charge on any atom is 0.262 e. The van der Waals surface area contributed by atoms with Crippen molar-refractivity contribution in [3.63, 3.8) is 0 Å². The molecule has 4 nitrogen and oxygen atoms in total. The van der Waals surface area contributed by atoms with Gasteiger partial charge >= 0.3 is 0 Å². The first-order chi connectivity index (χ1) is 12.3. The molecule has 0 unspecified atom stereocenters. The van der Waals surface area contributed by atoms with Crippen molar-refractivity contribution < 1.29 is 12.8 Å². The molecule has 1 N–H and O–H groups in total. The molecule has 4 rings (SSSR count). The minimum absolute atomic E-state index is 0.327. The van der Waals surface area contributed by atoms with E-state index in [0.717, 1.165) is 33.0 Å². The summed E-state index contributed by atoms with van der Waals surface area (Å²) in [6.45, 7) is 5.59. The zero-order valence-electron chi connectivity index (χ0n) is 14.8. The van der Waals surface area contributed by atoms with Crippen LogP contribution in [-0.4, -0.2) is 8.42 Å². The molecule has 5 heteroatoms. The smallest absolute Gasteiger partial charge is 0.262 e. The summed E-state index contributed by atoms with van der Waals surface area (Å²) in [4.78, 5) is 0.327. The normalized spacial score (nSPS) is 12.0. The van der Waals surface area contributed by atoms with Gasteiger partial charge in [-0.25, -0.2) is 8.42 Å². The monoisotopic (exact) mass is 365 g/mol. The minimum Gasteiger partial charge on any atom is -0.456 e. The van der Waals surface area contributed by atoms with E-state index >= 15 is 0 Å². The molecule has 0 atom stereocenters. The maximum atomic E-state index is 12.9. The van der Waals surface area contributed by atoms with E-state index in [4.69, 9.17) is 4.42 Å². The second-order valence-corrected chi connectivity index (χ2v) is 8.26. The van der Waals surface area contributed by atoms with Gasteiger partial charge in [-0.2, -0.15) is 0 Å². The molecule has 0 aliphatic heterocycles. The molecule has 0 radical (unpaired) electrons. The molecule has 0 aliphatic rings. The Bertz CT molecular complexity index is 1230. The van der Waals surface area contributed by atoms with Gasteiger partial charge in [0.2, 0.25) is 0 Å². The van der Waals surface area contributed by atoms with Crippen LogP contribution < -0.4 is 4.72 Å². The fourth-order valence-electron chi connectivity index (χ4n) is 3.59. The molecule has 132 valence electrons. The van der Waals surface area contributed by atoms with Gasteiger partial charge < -0.3 is 4.42 Å². The number of sulfonamides is 1. The van der Waals surface area contributed by atoms with Crippen LogP contribution >= 0.6 is 0 Å². The SMILES string of the molecule is Cc1cc(C)c(S(=O)(=O)Nc2ccc3c(c2)oc2ccccc23)c(C)c1. The summed E-state index contributed by atoms with van der Waals surface area (Å²) in [5.74, 6) is 0. The van der Waals surface area contributed by atoms with Crippen LogP contribution in [0.15, 0.2) is 63.9 Å². The average Bonchev–Trinajstić information content (AvgIpc) is 2.90. The predicted molar refractivity (Wildman–Crippen MR) is 105 cm³/mol. The first-order valence-corrected chi connectivity index (χ1v) is 9.85. The van der Waals surface area contributed by atoms with E-state index in [0.29, 0.717) is 16.2 Å². The number of fused-ring (bicyclic) bond motifs is 3. The topological polar surface area (TPSA) is 59.3 Å². The van der Waals surface area contributed by atoms with Crippen LogP contribution in [0.1, 0.15) is 16.7 Å². The highest BCUT2D eigenvalue weighted by Crippen LogP contribution is 2.31. The van der Waals surface area contributed by atoms with Gasteiger partial charge in [0, 0.05) is 16.8 Å². The number of benzene rings is 3. The molecule has 0 bridgehead atoms. The lowest BCUT2D eigenvalue weighted by molar-refractivity contribution is 0.600. The number of nitrogens with one attached hydrogen (secondary N) is 1. The molecule has 0 spiro atoms. The number of anilines is 1. The van der Waals surface area contributed by atoms with Crippen molar-refractivity contribution in [2.45, 2.75) is 25.7 Å². The second-order valence-electron chi connectivity index (χ2n) is 6.64. The summed E-state index contributed by atoms with van der Waals surface area (Å²) in [6.07, 6.45) is 0. The molecule has 26 heavy (non-hydrogen) atoms. The molecular formula is C21H19NO3S. The van der Waals surface area contributed by atoms with Crippen LogP contribution in [0.4, 0.5) is 5.69 Å². The Kier molecular flexibility index (Phi) is 3.77. The van der Waals surface area contributed by atoms with E-state index in [2.05, 4.69) is 4.72 Å². The van der Waals surface area contributed by atoms with E-state index in [9.17, 15) is 8.42 Å². The molecule has 1 heterocycles. The first kappa shape index (κ1) is 16.7. The minimum atomic E-state index is -3.68. The highest BCUT2D eigenvalue weighted by molar-refractivity contribution is 7.92. The molecule has 0 fully saturated rings. The molecular weight excluding hydrogens is 346 g/mol. The van der Waals surface area contributed by atoms with Gasteiger partial charge in [0.25, 0.3) is 10.0 Å². The maximum absolute atomic E-state index is 12.9. The molecule has 0 saturated carbocycles. The summed E-state index contributed by atoms with van der Waals surface area (Å²) >= 11 is 0. The largest absolute Gasteiger partial charge is 0.456 e. The van der Waals surface area contributed by atoms with Crippen molar-refractivity contribution in [2.75, 3.05) is 4.72 Å². The van der Waals surface area contributed by atoms with Gasteiger partial charge in [-0.3, -0.25) is 4.72 Å². The molecule has 0 amide bonds. The van der Waals surface area contributed by atoms with Gasteiger partial charge in [0.15, 0.2) is 0 Å². The van der Waals surface area contributed by atoms with E-state index in [1.54, 1.807) is 12.1 Å². The van der Waals surface area contributed by atoms with E-state index in [1.165, 1.54) is 0 Å². The quantitative estimate of drug-likeness (QED) is 0.535. The van der Waals surface area contributed by atoms with Crippen molar-refractivity contribution >= 4 is 37.6 Å². The van der Waals surface area contributed by atoms with Crippen molar-refractivity contribution in [1.82, 2.24) is 0 Å². The van der Waals surface area contributed by atoms with Crippen molar-refractivity contribution in [3.8, 4) is 0 Å². The summed E-state index contributed by atoms with van der Waals surface area (Å²) in [5, 5.41) is 1.98. The third kappa shape index (κ3) is 2.74. The zero-order chi connectivity index (χ0) is 18.5. The Hall–Kier alpha value is -2.79. The van der Waals surface area contributed by atoms with Gasteiger partial charge in [-0.15, -0.1) is 0 Å². The number of rotatable bonds is 3. The lowest BCUT2D eigenvalue weighted by Gasteiger charge is -2.14. The van der Waals surface area contributed by atoms with Gasteiger partial charge in [-0.05, 0) is 50.1 Å². The first-order valence-electron chi connectivity index (χ1n) is 8.37. The lowest BCUT2D eigenvalue weighted by atomic mass is 10.1. The standard InChI is InChI=1S/C21H19NO3S/c1-13-10-14(2)21(15(3)11-13)26(23,24)22-16-8-9-18-17-6-4-5-7-19(17)25-20(18)12-16/h4-12,22H,1-3H3. The lowest BCUT2D eigenvalue weighted by Crippen LogP contribution is -2.15. The van der Waals surface area contributed by atoms with Gasteiger partial charge in [0.1, 0.15) is 11.2 Å². The predicted octanol–water partition coefficient (Wildman–Crippen LogP) is 5.31. The van der Waals surface area contributed by atoms with Gasteiger partial charge in [0.05, 0.1) is 10.6 Å². The Morgan fingerprint density at radius 2 is 1.46 bits per heavy atom. The highest BCUT2D eigenvalue weighted by atomic mass is 32.2. The van der Waals surface area contributed by atoms with Gasteiger partial charge in [-0.1, -0.05) is 35.9 Å². The van der Waals surface area contributed by atoms with E-state index < -0.39 is 10.0 Å². The number of para-hydroxylation sites is 1. The number of furan rings is 1. The Labute approximate surface area is 152 Å². The zero-order valence-corrected chi connectivity index (χ0v) is 15.6. The number of hydrogen-bond acceptors (Lipinski definition) is 3. The number of hydrogen-bond donors (Lipinski definition) is 1. The molecule has 0 saturated heterocycles. The Morgan fingerprint density at radius 3 is 2.19 bits per heavy atom. The summed E-state index contributed by atoms with van der Waals surface area (Å²) in [5.41, 5.74) is 4.44. The second kappa shape index (κ2) is 5.88. The average molecular weight is 365 g/mol. The Morgan fingerprint density at radius 1 is 0.808 bits per heavy atom. The Balaban J connectivity index is 1.78. The highest BCUT2D eigenvalue weighted by Gasteiger charge is 2.20. The van der Waals surface area contributed by atoms with Crippen molar-refractivity contribution in [1.29, 1.82) is 0 Å². The van der Waals surface area contributed by atoms with Crippen molar-refractivity contribution in [3.05, 3.63) is 71.3 Å². The molecule has 4 aromatic rings. The van der Waals surface area contributed by atoms with Crippen LogP contribution in [0.2, 0.25) is 0 Å². The third-order valence-corrected chi connectivity index (χ3v) is 6.19. The molecule has 0 aliphatic carbocycles. The van der Waals surface area contributed by atoms with E-state index in [1.807, 2.05) is 63.2 Å². The number of aryl methyl sites for hydroxylation is 3. The third-order valence-electron chi connectivity index (χ3n) is 4.50. The van der Waals surface area contributed by atoms with Crippen LogP contribution in [0.5, 0.6) is 0 Å². The van der Waals surface area contributed by atoms with Crippen molar-refractivity contribution in [2.24, 2.45) is 0 Å². The van der Waals surface area contributed by atoms with Crippen LogP contribution in [0, 0.1) is 20.8 Å². The summed E-state index contributed by atoms with van der Waals surface area (Å²) < 4.78 is 34.4. The van der Waals surface area contributed by atoms with E-state index in [-0.39, 0.29) is 0 Å². The summed E-state index contributed by atoms with van der Waals surface area (Å²) in [6, 6.07) is 16.9. The van der Waals surface area contributed by atoms with Crippen LogP contribution in [0.3, 0.4) is 0 Å². The molecule has 3 aromatic carbocycles. The van der Waals surface area contributed by atoms with Crippen LogP contribution in [0.25, 0.3) is 21.9 Å². The molecule has 1 aromatic heterocycles. The van der Waals surface area contributed by atoms with Crippen LogP contribution in [-0.2, 0) is 10.0 Å². The summed E-state index contributed by atoms with van der Waals surface area (Å²) in [7, 11) is -3.68. The fraction of sp³-hybridized carbons (Fsp3) is 0.143.